The molecular weight excluding hydrogens is 511 g/mol. The van der Waals surface area contributed by atoms with E-state index in [9.17, 15) is 18.8 Å². The highest BCUT2D eigenvalue weighted by Crippen LogP contribution is 2.34. The lowest BCUT2D eigenvalue weighted by atomic mass is 9.95. The Balaban J connectivity index is 1.77. The van der Waals surface area contributed by atoms with Crippen molar-refractivity contribution < 1.29 is 23.5 Å². The van der Waals surface area contributed by atoms with E-state index >= 15 is 0 Å². The Morgan fingerprint density at radius 1 is 1.26 bits per heavy atom. The number of methoxy groups -OCH3 is 1. The second-order valence-electron chi connectivity index (χ2n) is 9.48. The topological polar surface area (TPSA) is 118 Å². The van der Waals surface area contributed by atoms with Gasteiger partial charge in [0.1, 0.15) is 17.5 Å². The predicted molar refractivity (Wildman–Crippen MR) is 141 cm³/mol. The fourth-order valence-corrected chi connectivity index (χ4v) is 4.38. The molecule has 1 unspecified atom stereocenters. The van der Waals surface area contributed by atoms with Crippen LogP contribution in [0.3, 0.4) is 0 Å². The molecule has 0 bridgehead atoms. The van der Waals surface area contributed by atoms with Crippen LogP contribution in [0.4, 0.5) is 21.7 Å². The highest BCUT2D eigenvalue weighted by atomic mass is 32.1. The van der Waals surface area contributed by atoms with E-state index in [1.165, 1.54) is 22.3 Å². The number of nitrogens with one attached hydrogen (secondary N) is 1. The first-order valence-corrected chi connectivity index (χ1v) is 12.4. The van der Waals surface area contributed by atoms with Crippen LogP contribution in [0.1, 0.15) is 42.7 Å². The molecule has 1 saturated heterocycles. The molecule has 0 aliphatic carbocycles. The molecule has 0 spiro atoms. The smallest absolute Gasteiger partial charge is 0.278 e. The Hall–Kier alpha value is -4.37. The van der Waals surface area contributed by atoms with Gasteiger partial charge in [0.25, 0.3) is 11.8 Å². The van der Waals surface area contributed by atoms with Gasteiger partial charge in [0.15, 0.2) is 10.8 Å². The number of hydrogen-bond donors (Lipinski definition) is 1. The largest absolute Gasteiger partial charge is 0.497 e. The van der Waals surface area contributed by atoms with Crippen molar-refractivity contribution in [3.05, 3.63) is 52.5 Å². The van der Waals surface area contributed by atoms with Gasteiger partial charge in [-0.2, -0.15) is 0 Å². The van der Waals surface area contributed by atoms with Gasteiger partial charge < -0.3 is 10.1 Å². The lowest BCUT2D eigenvalue weighted by Gasteiger charge is -2.28. The van der Waals surface area contributed by atoms with Gasteiger partial charge in [-0.3, -0.25) is 24.2 Å². The third-order valence-electron chi connectivity index (χ3n) is 5.75. The zero-order valence-corrected chi connectivity index (χ0v) is 22.0. The molecule has 1 aliphatic heterocycles. The van der Waals surface area contributed by atoms with Crippen molar-refractivity contribution in [1.82, 2.24) is 15.0 Å². The first-order chi connectivity index (χ1) is 18.0. The van der Waals surface area contributed by atoms with Crippen LogP contribution in [0.5, 0.6) is 5.75 Å². The second-order valence-corrected chi connectivity index (χ2v) is 10.3. The standard InChI is InChI=1S/C26H25FN6O4S/c1-6-21-31-19(14-38-21)22(34)33(20-7-8-32(23(20)35)25-28-12-15(27)13-29-25)17-9-16(10-18(11-17)37-5)30-24(36)26(2,3)4/h1,9-14,20H,7-8H2,2-5H3,(H,30,36). The summed E-state index contributed by atoms with van der Waals surface area (Å²) in [6.45, 7) is 5.51. The molecule has 3 aromatic rings. The highest BCUT2D eigenvalue weighted by Gasteiger charge is 2.42. The van der Waals surface area contributed by atoms with Gasteiger partial charge in [0.05, 0.1) is 25.2 Å². The minimum absolute atomic E-state index is 0.0262. The second kappa shape index (κ2) is 10.5. The molecule has 0 saturated carbocycles. The van der Waals surface area contributed by atoms with Gasteiger partial charge >= 0.3 is 0 Å². The number of ether oxygens (including phenoxy) is 1. The lowest BCUT2D eigenvalue weighted by Crippen LogP contribution is -2.46. The van der Waals surface area contributed by atoms with E-state index in [2.05, 4.69) is 26.2 Å². The molecular formula is C26H25FN6O4S. The number of anilines is 3. The van der Waals surface area contributed by atoms with Crippen molar-refractivity contribution >= 4 is 46.4 Å². The Labute approximate surface area is 222 Å². The van der Waals surface area contributed by atoms with Gasteiger partial charge in [0.2, 0.25) is 11.9 Å². The molecule has 1 aromatic carbocycles. The summed E-state index contributed by atoms with van der Waals surface area (Å²) in [5, 5.41) is 4.67. The summed E-state index contributed by atoms with van der Waals surface area (Å²) in [7, 11) is 1.45. The highest BCUT2D eigenvalue weighted by molar-refractivity contribution is 7.10. The van der Waals surface area contributed by atoms with E-state index in [0.29, 0.717) is 22.1 Å². The average Bonchev–Trinajstić information content (AvgIpc) is 3.51. The van der Waals surface area contributed by atoms with Gasteiger partial charge in [0, 0.05) is 35.2 Å². The maximum absolute atomic E-state index is 13.8. The maximum atomic E-state index is 13.8. The van der Waals surface area contributed by atoms with Gasteiger partial charge in [-0.05, 0) is 18.4 Å². The quantitative estimate of drug-likeness (QED) is 0.479. The summed E-state index contributed by atoms with van der Waals surface area (Å²) in [6.07, 6.45) is 7.61. The van der Waals surface area contributed by atoms with Crippen LogP contribution < -0.4 is 19.9 Å². The molecule has 1 aliphatic rings. The van der Waals surface area contributed by atoms with E-state index in [4.69, 9.17) is 11.2 Å². The number of benzene rings is 1. The average molecular weight is 537 g/mol. The molecule has 1 fully saturated rings. The van der Waals surface area contributed by atoms with Crippen molar-refractivity contribution in [1.29, 1.82) is 0 Å². The molecule has 1 atom stereocenters. The fraction of sp³-hybridized carbons (Fsp3) is 0.308. The Bertz CT molecular complexity index is 1430. The van der Waals surface area contributed by atoms with Gasteiger partial charge in [-0.15, -0.1) is 17.8 Å². The summed E-state index contributed by atoms with van der Waals surface area (Å²) >= 11 is 1.13. The number of aromatic nitrogens is 3. The first kappa shape index (κ1) is 26.7. The Morgan fingerprint density at radius 3 is 2.58 bits per heavy atom. The van der Waals surface area contributed by atoms with Crippen LogP contribution in [-0.4, -0.2) is 52.4 Å². The first-order valence-electron chi connectivity index (χ1n) is 11.6. The van der Waals surface area contributed by atoms with Gasteiger partial charge in [-0.25, -0.2) is 19.3 Å². The molecule has 10 nitrogen and oxygen atoms in total. The minimum atomic E-state index is -0.967. The normalized spacial score (nSPS) is 15.2. The zero-order valence-electron chi connectivity index (χ0n) is 21.2. The van der Waals surface area contributed by atoms with E-state index in [1.54, 1.807) is 39.0 Å². The fourth-order valence-electron chi connectivity index (χ4n) is 3.78. The number of rotatable bonds is 6. The summed E-state index contributed by atoms with van der Waals surface area (Å²) in [6, 6.07) is 3.82. The summed E-state index contributed by atoms with van der Waals surface area (Å²) in [4.78, 5) is 54.7. The maximum Gasteiger partial charge on any atom is 0.278 e. The number of carbonyl (C=O) groups excluding carboxylic acids is 3. The van der Waals surface area contributed by atoms with Crippen LogP contribution in [0.2, 0.25) is 0 Å². The van der Waals surface area contributed by atoms with Crippen LogP contribution in [0.15, 0.2) is 36.0 Å². The molecule has 12 heteroatoms. The molecule has 4 rings (SSSR count). The third-order valence-corrected chi connectivity index (χ3v) is 6.52. The molecule has 2 aromatic heterocycles. The predicted octanol–water partition coefficient (Wildman–Crippen LogP) is 3.50. The van der Waals surface area contributed by atoms with E-state index in [-0.39, 0.29) is 30.5 Å². The monoisotopic (exact) mass is 536 g/mol. The van der Waals surface area contributed by atoms with Crippen molar-refractivity contribution in [2.24, 2.45) is 5.41 Å². The van der Waals surface area contributed by atoms with Gasteiger partial charge in [-0.1, -0.05) is 20.8 Å². The van der Waals surface area contributed by atoms with E-state index in [0.717, 1.165) is 23.7 Å². The lowest BCUT2D eigenvalue weighted by molar-refractivity contribution is -0.123. The number of hydrogen-bond acceptors (Lipinski definition) is 8. The molecule has 3 heterocycles. The van der Waals surface area contributed by atoms with Crippen molar-refractivity contribution in [2.45, 2.75) is 33.2 Å². The van der Waals surface area contributed by atoms with Crippen LogP contribution in [0.25, 0.3) is 0 Å². The van der Waals surface area contributed by atoms with Crippen LogP contribution in [0, 0.1) is 23.6 Å². The molecule has 0 radical (unpaired) electrons. The zero-order chi connectivity index (χ0) is 27.6. The SMILES string of the molecule is C#Cc1nc(C(=O)N(c2cc(NC(=O)C(C)(C)C)cc(OC)c2)C2CCN(c3ncc(F)cn3)C2=O)cs1. The van der Waals surface area contributed by atoms with E-state index < -0.39 is 29.1 Å². The number of thiazole rings is 1. The number of nitrogens with zero attached hydrogens (tertiary/aromatic N) is 5. The summed E-state index contributed by atoms with van der Waals surface area (Å²) in [5.74, 6) is 0.881. The summed E-state index contributed by atoms with van der Waals surface area (Å²) in [5.41, 5.74) is 0.0652. The van der Waals surface area contributed by atoms with E-state index in [1.807, 2.05) is 0 Å². The molecule has 1 N–H and O–H groups in total. The minimum Gasteiger partial charge on any atom is -0.497 e. The molecule has 3 amide bonds. The Morgan fingerprint density at radius 2 is 1.97 bits per heavy atom. The van der Waals surface area contributed by atoms with Crippen LogP contribution >= 0.6 is 11.3 Å². The van der Waals surface area contributed by atoms with Crippen molar-refractivity contribution in [2.75, 3.05) is 28.8 Å². The molecule has 196 valence electrons. The third kappa shape index (κ3) is 5.47. The Kier molecular flexibility index (Phi) is 7.41. The van der Waals surface area contributed by atoms with Crippen molar-refractivity contribution in [3.8, 4) is 18.1 Å². The molecule has 38 heavy (non-hydrogen) atoms. The number of halogens is 1. The van der Waals surface area contributed by atoms with Crippen LogP contribution in [-0.2, 0) is 9.59 Å². The number of carbonyl (C=O) groups is 3. The number of terminal acetylenes is 1. The summed E-state index contributed by atoms with van der Waals surface area (Å²) < 4.78 is 18.8. The number of amides is 3. The van der Waals surface area contributed by atoms with Crippen molar-refractivity contribution in [3.63, 3.8) is 0 Å².